The molecule has 4 heteroatoms. The van der Waals surface area contributed by atoms with E-state index in [0.717, 1.165) is 81.5 Å². The lowest BCUT2D eigenvalue weighted by Gasteiger charge is -2.30. The third-order valence-electron chi connectivity index (χ3n) is 11.7. The molecule has 4 unspecified atom stereocenters. The molecule has 0 N–H and O–H groups in total. The largest absolute Gasteiger partial charge is 0.489 e. The molecule has 6 aromatic rings. The number of ether oxygens (including phenoxy) is 1. The summed E-state index contributed by atoms with van der Waals surface area (Å²) >= 11 is 0. The molecule has 3 aromatic carbocycles. The van der Waals surface area contributed by atoms with Crippen molar-refractivity contribution in [2.45, 2.75) is 31.8 Å². The van der Waals surface area contributed by atoms with Gasteiger partial charge in [-0.2, -0.15) is 0 Å². The molecule has 0 spiro atoms. The van der Waals surface area contributed by atoms with Crippen molar-refractivity contribution < 1.29 is 9.15 Å². The molecule has 0 saturated heterocycles. The number of rotatable bonds is 4. The van der Waals surface area contributed by atoms with E-state index in [-0.39, 0.29) is 12.0 Å². The van der Waals surface area contributed by atoms with Crippen molar-refractivity contribution in [1.29, 1.82) is 0 Å². The SMILES string of the molecule is C1=CC2OC3=C(C=C(C4=CC(C5C=Cc6oc7ccccc7c6C5)CC(c5ccc6ccc7ccc(-c8ccccc8)nc7c6n5)=C4)CC3)C2C=C1. The minimum absolute atomic E-state index is 0.115. The van der Waals surface area contributed by atoms with Gasteiger partial charge in [0.15, 0.2) is 0 Å². The van der Waals surface area contributed by atoms with Crippen LogP contribution in [0.2, 0.25) is 0 Å². The van der Waals surface area contributed by atoms with Crippen molar-refractivity contribution in [1.82, 2.24) is 9.97 Å². The van der Waals surface area contributed by atoms with Crippen LogP contribution in [-0.4, -0.2) is 16.1 Å². The van der Waals surface area contributed by atoms with Crippen LogP contribution in [0.5, 0.6) is 0 Å². The van der Waals surface area contributed by atoms with E-state index in [0.29, 0.717) is 11.8 Å². The average Bonchev–Trinajstić information content (AvgIpc) is 3.78. The summed E-state index contributed by atoms with van der Waals surface area (Å²) in [4.78, 5) is 10.6. The van der Waals surface area contributed by atoms with Crippen LogP contribution in [-0.2, 0) is 11.2 Å². The Morgan fingerprint density at radius 1 is 0.635 bits per heavy atom. The predicted octanol–water partition coefficient (Wildman–Crippen LogP) is 11.5. The first kappa shape index (κ1) is 29.7. The van der Waals surface area contributed by atoms with Gasteiger partial charge in [0.05, 0.1) is 22.4 Å². The number of aromatic nitrogens is 2. The lowest BCUT2D eigenvalue weighted by atomic mass is 9.74. The monoisotopic (exact) mass is 672 g/mol. The topological polar surface area (TPSA) is 48.2 Å². The standard InChI is InChI=1S/C48H36N2O2/c1-2-8-29(9-3-1)41-20-16-30-14-15-31-17-21-42(50-48(31)47(30)49-41)36-25-34(32-18-22-45-39(27-32)37-10-4-6-12-43(37)51-45)24-35(26-36)33-19-23-46-40(28-33)38-11-5-7-13-44(38)52-46/h1-18,20-22,24,26,28,32,34,38,44H,19,23,25,27H2. The number of hydrogen-bond donors (Lipinski definition) is 0. The van der Waals surface area contributed by atoms with E-state index in [2.05, 4.69) is 140 Å². The van der Waals surface area contributed by atoms with E-state index in [1.54, 1.807) is 0 Å². The number of nitrogens with zero attached hydrogens (tertiary/aromatic N) is 2. The van der Waals surface area contributed by atoms with Crippen LogP contribution >= 0.6 is 0 Å². The lowest BCUT2D eigenvalue weighted by molar-refractivity contribution is 0.157. The predicted molar refractivity (Wildman–Crippen MR) is 210 cm³/mol. The highest BCUT2D eigenvalue weighted by Crippen LogP contribution is 2.46. The number of furan rings is 1. The Labute approximate surface area is 302 Å². The quantitative estimate of drug-likeness (QED) is 0.175. The van der Waals surface area contributed by atoms with Gasteiger partial charge in [0, 0.05) is 45.2 Å². The Hall–Kier alpha value is -6.00. The van der Waals surface area contributed by atoms with Gasteiger partial charge in [-0.1, -0.05) is 109 Å². The molecule has 4 aliphatic carbocycles. The van der Waals surface area contributed by atoms with Crippen LogP contribution in [0, 0.1) is 17.8 Å². The Morgan fingerprint density at radius 3 is 2.29 bits per heavy atom. The van der Waals surface area contributed by atoms with Gasteiger partial charge in [0.2, 0.25) is 0 Å². The first-order valence-corrected chi connectivity index (χ1v) is 18.5. The molecule has 5 aliphatic rings. The van der Waals surface area contributed by atoms with E-state index in [9.17, 15) is 0 Å². The van der Waals surface area contributed by atoms with Crippen molar-refractivity contribution in [2.24, 2.45) is 17.8 Å². The summed E-state index contributed by atoms with van der Waals surface area (Å²) in [6, 6.07) is 31.9. The average molecular weight is 673 g/mol. The highest BCUT2D eigenvalue weighted by atomic mass is 16.5. The third kappa shape index (κ3) is 4.89. The van der Waals surface area contributed by atoms with Gasteiger partial charge in [-0.3, -0.25) is 0 Å². The molecule has 0 bridgehead atoms. The second-order valence-corrected chi connectivity index (χ2v) is 14.7. The van der Waals surface area contributed by atoms with Crippen LogP contribution in [0.15, 0.2) is 166 Å². The van der Waals surface area contributed by atoms with Crippen LogP contribution in [0.4, 0.5) is 0 Å². The van der Waals surface area contributed by atoms with Crippen molar-refractivity contribution in [3.8, 4) is 11.3 Å². The van der Waals surface area contributed by atoms with E-state index >= 15 is 0 Å². The number of benzene rings is 3. The van der Waals surface area contributed by atoms with Gasteiger partial charge in [-0.15, -0.1) is 0 Å². The van der Waals surface area contributed by atoms with Gasteiger partial charge in [-0.25, -0.2) is 9.97 Å². The summed E-state index contributed by atoms with van der Waals surface area (Å²) in [6.45, 7) is 0. The van der Waals surface area contributed by atoms with E-state index in [4.69, 9.17) is 19.1 Å². The fourth-order valence-electron chi connectivity index (χ4n) is 8.99. The summed E-state index contributed by atoms with van der Waals surface area (Å²) in [7, 11) is 0. The number of hydrogen-bond acceptors (Lipinski definition) is 4. The summed E-state index contributed by atoms with van der Waals surface area (Å²) in [5.41, 5.74) is 12.6. The Bertz CT molecular complexity index is 2680. The maximum Gasteiger partial charge on any atom is 0.135 e. The van der Waals surface area contributed by atoms with Crippen molar-refractivity contribution >= 4 is 44.4 Å². The third-order valence-corrected chi connectivity index (χ3v) is 11.7. The van der Waals surface area contributed by atoms with Gasteiger partial charge in [-0.05, 0) is 84.2 Å². The molecule has 250 valence electrons. The second-order valence-electron chi connectivity index (χ2n) is 14.7. The van der Waals surface area contributed by atoms with Gasteiger partial charge < -0.3 is 9.15 Å². The summed E-state index contributed by atoms with van der Waals surface area (Å²) in [6.07, 6.45) is 24.6. The van der Waals surface area contributed by atoms with Gasteiger partial charge in [0.25, 0.3) is 0 Å². The van der Waals surface area contributed by atoms with Gasteiger partial charge >= 0.3 is 0 Å². The van der Waals surface area contributed by atoms with E-state index in [1.807, 2.05) is 6.07 Å². The molecule has 4 nitrogen and oxygen atoms in total. The molecule has 11 rings (SSSR count). The number of fused-ring (bicyclic) bond motifs is 8. The maximum absolute atomic E-state index is 6.41. The van der Waals surface area contributed by atoms with Crippen LogP contribution < -0.4 is 0 Å². The van der Waals surface area contributed by atoms with Gasteiger partial charge in [0.1, 0.15) is 23.2 Å². The zero-order chi connectivity index (χ0) is 34.2. The minimum Gasteiger partial charge on any atom is -0.489 e. The highest BCUT2D eigenvalue weighted by molar-refractivity contribution is 6.04. The number of pyridine rings is 2. The number of para-hydroxylation sites is 1. The molecule has 4 atom stereocenters. The fraction of sp³-hybridized carbons (Fsp3) is 0.167. The molecular weight excluding hydrogens is 637 g/mol. The summed E-state index contributed by atoms with van der Waals surface area (Å²) in [5, 5.41) is 3.43. The molecule has 0 fully saturated rings. The first-order valence-electron chi connectivity index (χ1n) is 18.5. The zero-order valence-corrected chi connectivity index (χ0v) is 28.7. The van der Waals surface area contributed by atoms with E-state index < -0.39 is 0 Å². The zero-order valence-electron chi connectivity index (χ0n) is 28.7. The van der Waals surface area contributed by atoms with Crippen LogP contribution in [0.25, 0.3) is 55.7 Å². The Balaban J connectivity index is 1.02. The smallest absolute Gasteiger partial charge is 0.135 e. The molecule has 52 heavy (non-hydrogen) atoms. The fourth-order valence-corrected chi connectivity index (χ4v) is 8.99. The van der Waals surface area contributed by atoms with Crippen LogP contribution in [0.1, 0.15) is 36.3 Å². The molecular formula is C48H36N2O2. The molecule has 4 heterocycles. The normalized spacial score (nSPS) is 23.3. The van der Waals surface area contributed by atoms with E-state index in [1.165, 1.54) is 33.2 Å². The van der Waals surface area contributed by atoms with Crippen molar-refractivity contribution in [2.75, 3.05) is 0 Å². The Kier molecular flexibility index (Phi) is 6.73. The number of allylic oxidation sites excluding steroid dienone is 10. The Morgan fingerprint density at radius 2 is 1.40 bits per heavy atom. The first-order chi connectivity index (χ1) is 25.7. The molecule has 1 aliphatic heterocycles. The highest BCUT2D eigenvalue weighted by Gasteiger charge is 2.36. The van der Waals surface area contributed by atoms with Crippen molar-refractivity contribution in [3.63, 3.8) is 0 Å². The van der Waals surface area contributed by atoms with Crippen LogP contribution in [0.3, 0.4) is 0 Å². The molecule has 0 radical (unpaired) electrons. The summed E-state index contributed by atoms with van der Waals surface area (Å²) < 4.78 is 12.7. The summed E-state index contributed by atoms with van der Waals surface area (Å²) in [5.74, 6) is 3.09. The van der Waals surface area contributed by atoms with Crippen molar-refractivity contribution in [3.05, 3.63) is 179 Å². The minimum atomic E-state index is 0.115. The molecule has 0 amide bonds. The maximum atomic E-state index is 6.41. The lowest BCUT2D eigenvalue weighted by Crippen LogP contribution is -2.19. The molecule has 3 aromatic heterocycles. The molecule has 0 saturated carbocycles. The second kappa shape index (κ2) is 11.8.